The molecule has 1 aromatic rings. The van der Waals surface area contributed by atoms with Gasteiger partial charge in [-0.2, -0.15) is 12.6 Å². The summed E-state index contributed by atoms with van der Waals surface area (Å²) in [6.45, 7) is 2.03. The lowest BCUT2D eigenvalue weighted by atomic mass is 9.98. The molecule has 1 atom stereocenters. The maximum atomic E-state index is 11.8. The molecule has 0 amide bonds. The molecule has 0 spiro atoms. The standard InChI is InChI=1S/C12H17NOS/c1-9-6-4-5-7-10(9)12(13(2)3)11(14)8-15/h4-7,12,15H,8H2,1-3H3. The third kappa shape index (κ3) is 2.83. The highest BCUT2D eigenvalue weighted by atomic mass is 32.1. The second kappa shape index (κ2) is 5.33. The van der Waals surface area contributed by atoms with Crippen LogP contribution in [0.3, 0.4) is 0 Å². The van der Waals surface area contributed by atoms with Crippen LogP contribution in [0.2, 0.25) is 0 Å². The summed E-state index contributed by atoms with van der Waals surface area (Å²) in [6, 6.07) is 7.80. The van der Waals surface area contributed by atoms with Crippen molar-refractivity contribution in [2.24, 2.45) is 0 Å². The fourth-order valence-corrected chi connectivity index (χ4v) is 1.89. The molecule has 0 aliphatic rings. The topological polar surface area (TPSA) is 20.3 Å². The molecule has 0 fully saturated rings. The highest BCUT2D eigenvalue weighted by Crippen LogP contribution is 2.22. The molecule has 1 rings (SSSR count). The maximum Gasteiger partial charge on any atom is 0.164 e. The van der Waals surface area contributed by atoms with Crippen LogP contribution in [0.5, 0.6) is 0 Å². The van der Waals surface area contributed by atoms with Crippen molar-refractivity contribution in [1.82, 2.24) is 4.90 Å². The molecule has 0 heterocycles. The van der Waals surface area contributed by atoms with Gasteiger partial charge in [0.2, 0.25) is 0 Å². The highest BCUT2D eigenvalue weighted by Gasteiger charge is 2.22. The van der Waals surface area contributed by atoms with Crippen molar-refractivity contribution in [2.45, 2.75) is 13.0 Å². The molecular weight excluding hydrogens is 206 g/mol. The van der Waals surface area contributed by atoms with Crippen molar-refractivity contribution < 1.29 is 4.79 Å². The van der Waals surface area contributed by atoms with Crippen LogP contribution in [-0.2, 0) is 4.79 Å². The predicted octanol–water partition coefficient (Wildman–Crippen LogP) is 2.10. The van der Waals surface area contributed by atoms with Gasteiger partial charge in [-0.05, 0) is 32.1 Å². The number of carbonyl (C=O) groups is 1. The summed E-state index contributed by atoms with van der Waals surface area (Å²) < 4.78 is 0. The van der Waals surface area contributed by atoms with Crippen LogP contribution >= 0.6 is 12.6 Å². The van der Waals surface area contributed by atoms with Gasteiger partial charge in [-0.15, -0.1) is 0 Å². The normalized spacial score (nSPS) is 12.9. The van der Waals surface area contributed by atoms with Gasteiger partial charge in [0, 0.05) is 0 Å². The van der Waals surface area contributed by atoms with Crippen molar-refractivity contribution >= 4 is 18.4 Å². The monoisotopic (exact) mass is 223 g/mol. The third-order valence-electron chi connectivity index (χ3n) is 2.46. The largest absolute Gasteiger partial charge is 0.297 e. The minimum Gasteiger partial charge on any atom is -0.297 e. The van der Waals surface area contributed by atoms with Crippen LogP contribution in [-0.4, -0.2) is 30.5 Å². The minimum atomic E-state index is -0.177. The van der Waals surface area contributed by atoms with Crippen molar-refractivity contribution in [2.75, 3.05) is 19.8 Å². The van der Waals surface area contributed by atoms with E-state index in [9.17, 15) is 4.79 Å². The van der Waals surface area contributed by atoms with Crippen LogP contribution in [0.1, 0.15) is 17.2 Å². The van der Waals surface area contributed by atoms with Gasteiger partial charge in [0.15, 0.2) is 5.78 Å². The number of rotatable bonds is 4. The van der Waals surface area contributed by atoms with E-state index in [0.717, 1.165) is 11.1 Å². The summed E-state index contributed by atoms with van der Waals surface area (Å²) in [6.07, 6.45) is 0. The summed E-state index contributed by atoms with van der Waals surface area (Å²) in [4.78, 5) is 13.7. The van der Waals surface area contributed by atoms with Gasteiger partial charge in [0.05, 0.1) is 11.8 Å². The Morgan fingerprint density at radius 2 is 2.00 bits per heavy atom. The van der Waals surface area contributed by atoms with E-state index in [4.69, 9.17) is 0 Å². The zero-order valence-corrected chi connectivity index (χ0v) is 10.3. The number of aryl methyl sites for hydroxylation is 1. The average molecular weight is 223 g/mol. The number of likely N-dealkylation sites (N-methyl/N-ethyl adjacent to an activating group) is 1. The quantitative estimate of drug-likeness (QED) is 0.789. The SMILES string of the molecule is Cc1ccccc1C(C(=O)CS)N(C)C. The number of ketones is 1. The first-order chi connectivity index (χ1) is 7.07. The number of hydrogen-bond donors (Lipinski definition) is 1. The summed E-state index contributed by atoms with van der Waals surface area (Å²) >= 11 is 4.06. The number of hydrogen-bond acceptors (Lipinski definition) is 3. The lowest BCUT2D eigenvalue weighted by molar-refractivity contribution is -0.121. The van der Waals surface area contributed by atoms with Crippen molar-refractivity contribution in [3.63, 3.8) is 0 Å². The van der Waals surface area contributed by atoms with Gasteiger partial charge in [-0.1, -0.05) is 24.3 Å². The number of nitrogens with zero attached hydrogens (tertiary/aromatic N) is 1. The lowest BCUT2D eigenvalue weighted by Gasteiger charge is -2.24. The molecule has 3 heteroatoms. The van der Waals surface area contributed by atoms with Gasteiger partial charge in [-0.25, -0.2) is 0 Å². The highest BCUT2D eigenvalue weighted by molar-refractivity contribution is 7.81. The molecule has 1 unspecified atom stereocenters. The van der Waals surface area contributed by atoms with Crippen LogP contribution in [0.15, 0.2) is 24.3 Å². The molecule has 0 aliphatic heterocycles. The van der Waals surface area contributed by atoms with Crippen LogP contribution in [0, 0.1) is 6.92 Å². The van der Waals surface area contributed by atoms with E-state index < -0.39 is 0 Å². The van der Waals surface area contributed by atoms with E-state index in [2.05, 4.69) is 12.6 Å². The van der Waals surface area contributed by atoms with Crippen LogP contribution < -0.4 is 0 Å². The van der Waals surface area contributed by atoms with E-state index >= 15 is 0 Å². The Balaban J connectivity index is 3.10. The first-order valence-corrected chi connectivity index (χ1v) is 5.56. The number of benzene rings is 1. The van der Waals surface area contributed by atoms with Gasteiger partial charge in [-0.3, -0.25) is 9.69 Å². The van der Waals surface area contributed by atoms with Crippen LogP contribution in [0.25, 0.3) is 0 Å². The molecule has 15 heavy (non-hydrogen) atoms. The molecule has 82 valence electrons. The summed E-state index contributed by atoms with van der Waals surface area (Å²) in [5, 5.41) is 0. The Morgan fingerprint density at radius 3 is 2.47 bits per heavy atom. The smallest absolute Gasteiger partial charge is 0.164 e. The minimum absolute atomic E-state index is 0.137. The molecule has 0 radical (unpaired) electrons. The predicted molar refractivity (Wildman–Crippen MR) is 66.5 cm³/mol. The van der Waals surface area contributed by atoms with Crippen LogP contribution in [0.4, 0.5) is 0 Å². The second-order valence-corrected chi connectivity index (χ2v) is 4.16. The van der Waals surface area contributed by atoms with Gasteiger partial charge < -0.3 is 0 Å². The van der Waals surface area contributed by atoms with E-state index in [1.165, 1.54) is 0 Å². The molecule has 0 saturated heterocycles. The van der Waals surface area contributed by atoms with E-state index in [1.54, 1.807) is 0 Å². The zero-order chi connectivity index (χ0) is 11.4. The Kier molecular flexibility index (Phi) is 4.36. The summed E-state index contributed by atoms with van der Waals surface area (Å²) in [5.41, 5.74) is 2.22. The first-order valence-electron chi connectivity index (χ1n) is 4.93. The first kappa shape index (κ1) is 12.3. The molecule has 1 aromatic carbocycles. The number of Topliss-reactive ketones (excluding diaryl/α,β-unsaturated/α-hetero) is 1. The molecule has 0 aromatic heterocycles. The Labute approximate surface area is 96.7 Å². The second-order valence-electron chi connectivity index (χ2n) is 3.85. The Hall–Kier alpha value is -0.800. The maximum absolute atomic E-state index is 11.8. The number of thiol groups is 1. The number of carbonyl (C=O) groups excluding carboxylic acids is 1. The van der Waals surface area contributed by atoms with Gasteiger partial charge in [0.25, 0.3) is 0 Å². The summed E-state index contributed by atoms with van der Waals surface area (Å²) in [7, 11) is 3.83. The molecule has 0 saturated carbocycles. The molecule has 2 nitrogen and oxygen atoms in total. The average Bonchev–Trinajstić information content (AvgIpc) is 2.20. The van der Waals surface area contributed by atoms with E-state index in [-0.39, 0.29) is 17.6 Å². The Morgan fingerprint density at radius 1 is 1.40 bits per heavy atom. The van der Waals surface area contributed by atoms with Gasteiger partial charge >= 0.3 is 0 Å². The van der Waals surface area contributed by atoms with E-state index in [0.29, 0.717) is 0 Å². The lowest BCUT2D eigenvalue weighted by Crippen LogP contribution is -2.29. The zero-order valence-electron chi connectivity index (χ0n) is 9.40. The molecule has 0 N–H and O–H groups in total. The fourth-order valence-electron chi connectivity index (χ4n) is 1.72. The summed E-state index contributed by atoms with van der Waals surface area (Å²) in [5.74, 6) is 0.412. The fraction of sp³-hybridized carbons (Fsp3) is 0.417. The molecular formula is C12H17NOS. The van der Waals surface area contributed by atoms with Gasteiger partial charge in [0.1, 0.15) is 0 Å². The van der Waals surface area contributed by atoms with Crippen molar-refractivity contribution in [1.29, 1.82) is 0 Å². The van der Waals surface area contributed by atoms with Crippen molar-refractivity contribution in [3.8, 4) is 0 Å². The van der Waals surface area contributed by atoms with E-state index in [1.807, 2.05) is 50.2 Å². The van der Waals surface area contributed by atoms with Crippen molar-refractivity contribution in [3.05, 3.63) is 35.4 Å². The Bertz CT molecular complexity index is 349. The molecule has 0 aliphatic carbocycles. The third-order valence-corrected chi connectivity index (χ3v) is 2.77. The molecule has 0 bridgehead atoms.